The molecule has 1 saturated carbocycles. The molecule has 1 aromatic carbocycles. The number of rotatable bonds is 8. The van der Waals surface area contributed by atoms with Crippen LogP contribution in [0, 0.1) is 11.3 Å². The van der Waals surface area contributed by atoms with Gasteiger partial charge in [-0.05, 0) is 52.4 Å². The lowest BCUT2D eigenvalue weighted by Gasteiger charge is -2.47. The van der Waals surface area contributed by atoms with Crippen LogP contribution in [-0.4, -0.2) is 33.8 Å². The van der Waals surface area contributed by atoms with Crippen molar-refractivity contribution in [1.29, 1.82) is 0 Å². The van der Waals surface area contributed by atoms with E-state index >= 15 is 0 Å². The van der Waals surface area contributed by atoms with Crippen LogP contribution in [0.3, 0.4) is 0 Å². The van der Waals surface area contributed by atoms with E-state index in [0.29, 0.717) is 15.9 Å². The quantitative estimate of drug-likeness (QED) is 0.313. The second kappa shape index (κ2) is 11.1. The van der Waals surface area contributed by atoms with E-state index in [1.807, 2.05) is 13.8 Å². The number of halogens is 3. The summed E-state index contributed by atoms with van der Waals surface area (Å²) in [6, 6.07) is 6.10. The average molecular weight is 609 g/mol. The molecule has 2 aliphatic rings. The number of allylic oxidation sites excluding steroid dienone is 2. The van der Waals surface area contributed by atoms with Crippen molar-refractivity contribution in [2.24, 2.45) is 11.3 Å². The Kier molecular flexibility index (Phi) is 8.31. The van der Waals surface area contributed by atoms with Crippen LogP contribution in [0.25, 0.3) is 0 Å². The molecule has 1 fully saturated rings. The van der Waals surface area contributed by atoms with Gasteiger partial charge >= 0.3 is 5.97 Å². The van der Waals surface area contributed by atoms with E-state index in [0.717, 1.165) is 37.7 Å². The maximum atomic E-state index is 12.8. The molecular formula is C27H28BrCl2N3O4. The Balaban J connectivity index is 1.57. The lowest BCUT2D eigenvalue weighted by atomic mass is 9.62. The summed E-state index contributed by atoms with van der Waals surface area (Å²) >= 11 is 15.6. The van der Waals surface area contributed by atoms with Crippen LogP contribution in [0.1, 0.15) is 67.8 Å². The number of ketones is 1. The average Bonchev–Trinajstić information content (AvgIpc) is 2.86. The number of aromatic nitrogens is 1. The van der Waals surface area contributed by atoms with Crippen molar-refractivity contribution in [3.8, 4) is 0 Å². The van der Waals surface area contributed by atoms with E-state index in [9.17, 15) is 19.5 Å². The second-order valence-corrected chi connectivity index (χ2v) is 11.6. The molecule has 1 unspecified atom stereocenters. The molecule has 1 aromatic heterocycles. The number of Topliss-reactive ketones (excluding diaryl/α,β-unsaturated/α-hetero) is 1. The summed E-state index contributed by atoms with van der Waals surface area (Å²) in [6.45, 7) is 3.94. The van der Waals surface area contributed by atoms with Crippen LogP contribution in [0.5, 0.6) is 0 Å². The van der Waals surface area contributed by atoms with E-state index in [1.165, 1.54) is 12.4 Å². The van der Waals surface area contributed by atoms with Gasteiger partial charge in [0.05, 0.1) is 25.5 Å². The van der Waals surface area contributed by atoms with Crippen molar-refractivity contribution in [3.05, 3.63) is 68.0 Å². The number of aliphatic carboxylic acids is 1. The summed E-state index contributed by atoms with van der Waals surface area (Å²) in [6.07, 6.45) is 7.15. The topological polar surface area (TPSA) is 108 Å². The number of hydrogen-bond acceptors (Lipinski definition) is 5. The highest BCUT2D eigenvalue weighted by molar-refractivity contribution is 9.12. The number of carboxylic acids is 1. The Morgan fingerprint density at radius 3 is 2.19 bits per heavy atom. The zero-order valence-corrected chi connectivity index (χ0v) is 23.6. The van der Waals surface area contributed by atoms with E-state index in [2.05, 4.69) is 31.5 Å². The van der Waals surface area contributed by atoms with E-state index in [-0.39, 0.29) is 27.3 Å². The highest BCUT2D eigenvalue weighted by Gasteiger charge is 2.54. The van der Waals surface area contributed by atoms with Crippen molar-refractivity contribution in [2.75, 3.05) is 5.32 Å². The smallest absolute Gasteiger partial charge is 0.326 e. The molecule has 2 aromatic rings. The van der Waals surface area contributed by atoms with Gasteiger partial charge in [0.2, 0.25) is 0 Å². The first-order valence-corrected chi connectivity index (χ1v) is 13.8. The van der Waals surface area contributed by atoms with E-state index in [4.69, 9.17) is 23.2 Å². The highest BCUT2D eigenvalue weighted by Crippen LogP contribution is 2.53. The minimum absolute atomic E-state index is 0.0269. The third-order valence-electron chi connectivity index (χ3n) is 7.32. The number of carbonyl (C=O) groups is 3. The third kappa shape index (κ3) is 5.29. The Morgan fingerprint density at radius 1 is 1.05 bits per heavy atom. The summed E-state index contributed by atoms with van der Waals surface area (Å²) in [5.41, 5.74) is 1.55. The molecule has 0 aliphatic heterocycles. The first-order chi connectivity index (χ1) is 17.6. The van der Waals surface area contributed by atoms with E-state index < -0.39 is 29.3 Å². The zero-order valence-electron chi connectivity index (χ0n) is 20.5. The van der Waals surface area contributed by atoms with Gasteiger partial charge in [0, 0.05) is 29.7 Å². The summed E-state index contributed by atoms with van der Waals surface area (Å²) in [5.74, 6) is -1.82. The van der Waals surface area contributed by atoms with Gasteiger partial charge in [-0.25, -0.2) is 4.79 Å². The van der Waals surface area contributed by atoms with E-state index in [1.54, 1.807) is 24.3 Å². The van der Waals surface area contributed by atoms with Crippen molar-refractivity contribution >= 4 is 62.5 Å². The van der Waals surface area contributed by atoms with Gasteiger partial charge in [-0.15, -0.1) is 0 Å². The Labute approximate surface area is 234 Å². The monoisotopic (exact) mass is 607 g/mol. The molecule has 0 bridgehead atoms. The minimum Gasteiger partial charge on any atom is -0.480 e. The third-order valence-corrected chi connectivity index (χ3v) is 8.65. The Bertz CT molecular complexity index is 1240. The maximum absolute atomic E-state index is 12.8. The number of carbonyl (C=O) groups excluding carboxylic acids is 2. The number of nitrogens with zero attached hydrogens (tertiary/aromatic N) is 1. The molecule has 37 heavy (non-hydrogen) atoms. The van der Waals surface area contributed by atoms with Gasteiger partial charge in [0.25, 0.3) is 5.91 Å². The molecule has 7 nitrogen and oxygen atoms in total. The predicted molar refractivity (Wildman–Crippen MR) is 147 cm³/mol. The predicted octanol–water partition coefficient (Wildman–Crippen LogP) is 6.56. The van der Waals surface area contributed by atoms with Gasteiger partial charge in [0.15, 0.2) is 5.78 Å². The minimum atomic E-state index is -0.990. The van der Waals surface area contributed by atoms with Crippen LogP contribution in [0.4, 0.5) is 5.69 Å². The number of benzene rings is 1. The van der Waals surface area contributed by atoms with Crippen molar-refractivity contribution < 1.29 is 19.5 Å². The normalized spacial score (nSPS) is 18.4. The Morgan fingerprint density at radius 2 is 1.65 bits per heavy atom. The number of pyridine rings is 1. The maximum Gasteiger partial charge on any atom is 0.326 e. The summed E-state index contributed by atoms with van der Waals surface area (Å²) in [7, 11) is 0. The second-order valence-electron chi connectivity index (χ2n) is 9.95. The van der Waals surface area contributed by atoms with Crippen molar-refractivity contribution in [2.45, 2.75) is 57.9 Å². The van der Waals surface area contributed by atoms with Gasteiger partial charge < -0.3 is 15.7 Å². The first-order valence-electron chi connectivity index (χ1n) is 12.2. The molecular weight excluding hydrogens is 581 g/mol. The lowest BCUT2D eigenvalue weighted by molar-refractivity contribution is -0.141. The summed E-state index contributed by atoms with van der Waals surface area (Å²) in [5, 5.41) is 16.6. The molecule has 10 heteroatoms. The van der Waals surface area contributed by atoms with Crippen LogP contribution in [0.15, 0.2) is 46.8 Å². The number of hydrogen-bond donors (Lipinski definition) is 3. The van der Waals surface area contributed by atoms with Crippen LogP contribution >= 0.6 is 39.1 Å². The molecule has 2 atom stereocenters. The largest absolute Gasteiger partial charge is 0.480 e. The zero-order chi connectivity index (χ0) is 26.9. The molecule has 3 N–H and O–H groups in total. The molecule has 1 spiro atoms. The first kappa shape index (κ1) is 27.6. The number of carboxylic acid groups (broad SMARTS) is 1. The van der Waals surface area contributed by atoms with Crippen LogP contribution in [-0.2, 0) is 9.59 Å². The molecule has 0 saturated heterocycles. The fourth-order valence-electron chi connectivity index (χ4n) is 5.45. The van der Waals surface area contributed by atoms with Crippen LogP contribution in [0.2, 0.25) is 10.0 Å². The van der Waals surface area contributed by atoms with Gasteiger partial charge in [-0.3, -0.25) is 14.6 Å². The fraction of sp³-hybridized carbons (Fsp3) is 0.407. The standard InChI is InChI=1S/C27H28BrCl2N3O4/c1-14(2)19(22(26(36)37)33-23-21(28)24(34)27(23)10-4-3-5-11-27)15-6-8-16(9-7-15)32-25(35)20-17(29)12-31-13-18(20)30/h6-9,12-14,19,22,33H,3-5,10-11H2,1-2H3,(H,32,35)(H,36,37)/t19?,22-/m0/s1. The number of amides is 1. The molecule has 196 valence electrons. The van der Waals surface area contributed by atoms with Gasteiger partial charge in [-0.2, -0.15) is 0 Å². The molecule has 1 amide bonds. The molecule has 1 heterocycles. The number of anilines is 1. The Hall–Kier alpha value is -2.42. The molecule has 4 rings (SSSR count). The number of nitrogens with one attached hydrogen (secondary N) is 2. The summed E-state index contributed by atoms with van der Waals surface area (Å²) < 4.78 is 0.453. The SMILES string of the molecule is CC(C)C(c1ccc(NC(=O)c2c(Cl)cncc2Cl)cc1)[C@H](NC1=C(Br)C(=O)C12CCCCC2)C(=O)O. The molecule has 2 aliphatic carbocycles. The van der Waals surface area contributed by atoms with Crippen molar-refractivity contribution in [3.63, 3.8) is 0 Å². The molecule has 0 radical (unpaired) electrons. The fourth-order valence-corrected chi connectivity index (χ4v) is 6.86. The van der Waals surface area contributed by atoms with Gasteiger partial charge in [-0.1, -0.05) is 68.4 Å². The highest BCUT2D eigenvalue weighted by atomic mass is 79.9. The van der Waals surface area contributed by atoms with Gasteiger partial charge in [0.1, 0.15) is 6.04 Å². The van der Waals surface area contributed by atoms with Crippen molar-refractivity contribution in [1.82, 2.24) is 10.3 Å². The summed E-state index contributed by atoms with van der Waals surface area (Å²) in [4.78, 5) is 41.9. The van der Waals surface area contributed by atoms with Crippen LogP contribution < -0.4 is 10.6 Å². The lowest BCUT2D eigenvalue weighted by Crippen LogP contribution is -2.54.